The molecule has 0 aliphatic rings. The van der Waals surface area contributed by atoms with Crippen LogP contribution in [0.5, 0.6) is 0 Å². The highest BCUT2D eigenvalue weighted by atomic mass is 19.1. The molecule has 1 atom stereocenters. The van der Waals surface area contributed by atoms with E-state index in [1.165, 1.54) is 24.5 Å². The standard InChI is InChI=1S/C14H15F2N3/c1-10(18-8-11-5-6-17-9-19-11)7-12-13(15)3-2-4-14(12)16/h2-6,9-10,18H,7-8H2,1H3. The summed E-state index contributed by atoms with van der Waals surface area (Å²) in [7, 11) is 0. The fourth-order valence-electron chi connectivity index (χ4n) is 1.81. The van der Waals surface area contributed by atoms with Gasteiger partial charge in [-0.15, -0.1) is 0 Å². The van der Waals surface area contributed by atoms with Crippen LogP contribution < -0.4 is 5.32 Å². The molecule has 5 heteroatoms. The third-order valence-corrected chi connectivity index (χ3v) is 2.85. The smallest absolute Gasteiger partial charge is 0.129 e. The Morgan fingerprint density at radius 3 is 2.58 bits per heavy atom. The Morgan fingerprint density at radius 1 is 1.21 bits per heavy atom. The first kappa shape index (κ1) is 13.5. The zero-order valence-electron chi connectivity index (χ0n) is 10.6. The molecule has 0 amide bonds. The van der Waals surface area contributed by atoms with Crippen LogP contribution >= 0.6 is 0 Å². The summed E-state index contributed by atoms with van der Waals surface area (Å²) < 4.78 is 27.0. The molecule has 0 aliphatic heterocycles. The molecule has 1 heterocycles. The lowest BCUT2D eigenvalue weighted by molar-refractivity contribution is 0.497. The van der Waals surface area contributed by atoms with Crippen LogP contribution in [-0.2, 0) is 13.0 Å². The Bertz CT molecular complexity index is 511. The first-order valence-corrected chi connectivity index (χ1v) is 6.08. The average molecular weight is 263 g/mol. The van der Waals surface area contributed by atoms with Crippen molar-refractivity contribution in [2.75, 3.05) is 0 Å². The molecule has 0 saturated carbocycles. The second-order valence-electron chi connectivity index (χ2n) is 4.39. The Balaban J connectivity index is 1.93. The van der Waals surface area contributed by atoms with E-state index in [0.29, 0.717) is 13.0 Å². The van der Waals surface area contributed by atoms with E-state index >= 15 is 0 Å². The minimum Gasteiger partial charge on any atom is -0.308 e. The van der Waals surface area contributed by atoms with Crippen LogP contribution in [-0.4, -0.2) is 16.0 Å². The van der Waals surface area contributed by atoms with Gasteiger partial charge in [0.25, 0.3) is 0 Å². The third kappa shape index (κ3) is 3.79. The van der Waals surface area contributed by atoms with Crippen LogP contribution in [0.1, 0.15) is 18.2 Å². The van der Waals surface area contributed by atoms with Gasteiger partial charge < -0.3 is 5.32 Å². The van der Waals surface area contributed by atoms with Gasteiger partial charge in [0.2, 0.25) is 0 Å². The first-order valence-electron chi connectivity index (χ1n) is 6.08. The van der Waals surface area contributed by atoms with Gasteiger partial charge in [-0.2, -0.15) is 0 Å². The average Bonchev–Trinajstić information content (AvgIpc) is 2.42. The molecule has 2 aromatic rings. The predicted octanol–water partition coefficient (Wildman–Crippen LogP) is 2.48. The van der Waals surface area contributed by atoms with Gasteiger partial charge in [-0.25, -0.2) is 18.7 Å². The SMILES string of the molecule is CC(Cc1c(F)cccc1F)NCc1ccncn1. The van der Waals surface area contributed by atoms with Crippen LogP contribution in [0.2, 0.25) is 0 Å². The molecule has 0 spiro atoms. The van der Waals surface area contributed by atoms with E-state index < -0.39 is 11.6 Å². The molecule has 1 N–H and O–H groups in total. The summed E-state index contributed by atoms with van der Waals surface area (Å²) in [5, 5.41) is 3.18. The van der Waals surface area contributed by atoms with E-state index in [0.717, 1.165) is 5.69 Å². The molecule has 0 fully saturated rings. The van der Waals surface area contributed by atoms with E-state index in [1.54, 1.807) is 12.3 Å². The maximum atomic E-state index is 13.5. The van der Waals surface area contributed by atoms with Crippen molar-refractivity contribution in [3.05, 3.63) is 59.7 Å². The maximum Gasteiger partial charge on any atom is 0.129 e. The van der Waals surface area contributed by atoms with Crippen molar-refractivity contribution in [3.63, 3.8) is 0 Å². The zero-order chi connectivity index (χ0) is 13.7. The summed E-state index contributed by atoms with van der Waals surface area (Å²) >= 11 is 0. The second-order valence-corrected chi connectivity index (χ2v) is 4.39. The van der Waals surface area contributed by atoms with Crippen molar-refractivity contribution >= 4 is 0 Å². The van der Waals surface area contributed by atoms with E-state index in [4.69, 9.17) is 0 Å². The van der Waals surface area contributed by atoms with Gasteiger partial charge in [-0.1, -0.05) is 6.07 Å². The summed E-state index contributed by atoms with van der Waals surface area (Å²) in [6.45, 7) is 2.42. The highest BCUT2D eigenvalue weighted by Gasteiger charge is 2.12. The molecular formula is C14H15F2N3. The molecule has 0 aliphatic carbocycles. The normalized spacial score (nSPS) is 12.4. The van der Waals surface area contributed by atoms with Gasteiger partial charge in [0.15, 0.2) is 0 Å². The van der Waals surface area contributed by atoms with Crippen LogP contribution in [0.15, 0.2) is 36.8 Å². The fraction of sp³-hybridized carbons (Fsp3) is 0.286. The molecule has 1 aromatic carbocycles. The van der Waals surface area contributed by atoms with Crippen LogP contribution in [0.3, 0.4) is 0 Å². The fourth-order valence-corrected chi connectivity index (χ4v) is 1.81. The lowest BCUT2D eigenvalue weighted by atomic mass is 10.1. The van der Waals surface area contributed by atoms with Crippen molar-refractivity contribution in [1.82, 2.24) is 15.3 Å². The molecule has 1 aromatic heterocycles. The minimum atomic E-state index is -0.504. The van der Waals surface area contributed by atoms with Crippen molar-refractivity contribution in [1.29, 1.82) is 0 Å². The van der Waals surface area contributed by atoms with Crippen molar-refractivity contribution < 1.29 is 8.78 Å². The molecule has 0 radical (unpaired) electrons. The zero-order valence-corrected chi connectivity index (χ0v) is 10.6. The van der Waals surface area contributed by atoms with Gasteiger partial charge >= 0.3 is 0 Å². The number of benzene rings is 1. The Morgan fingerprint density at radius 2 is 1.95 bits per heavy atom. The van der Waals surface area contributed by atoms with Crippen molar-refractivity contribution in [3.8, 4) is 0 Å². The summed E-state index contributed by atoms with van der Waals surface area (Å²) in [6.07, 6.45) is 3.42. The molecule has 0 saturated heterocycles. The van der Waals surface area contributed by atoms with Crippen LogP contribution in [0.25, 0.3) is 0 Å². The lowest BCUT2D eigenvalue weighted by Crippen LogP contribution is -2.28. The molecule has 1 unspecified atom stereocenters. The quantitative estimate of drug-likeness (QED) is 0.900. The number of aromatic nitrogens is 2. The molecule has 2 rings (SSSR count). The number of rotatable bonds is 5. The highest BCUT2D eigenvalue weighted by Crippen LogP contribution is 2.14. The minimum absolute atomic E-state index is 0.0543. The van der Waals surface area contributed by atoms with E-state index in [-0.39, 0.29) is 11.6 Å². The summed E-state index contributed by atoms with van der Waals surface area (Å²) in [5.74, 6) is -1.01. The number of nitrogens with one attached hydrogen (secondary N) is 1. The summed E-state index contributed by atoms with van der Waals surface area (Å²) in [4.78, 5) is 7.90. The molecule has 100 valence electrons. The van der Waals surface area contributed by atoms with Crippen molar-refractivity contribution in [2.24, 2.45) is 0 Å². The van der Waals surface area contributed by atoms with Crippen LogP contribution in [0, 0.1) is 11.6 Å². The van der Waals surface area contributed by atoms with Gasteiger partial charge in [0, 0.05) is 24.3 Å². The number of hydrogen-bond acceptors (Lipinski definition) is 3. The first-order chi connectivity index (χ1) is 9.16. The lowest BCUT2D eigenvalue weighted by Gasteiger charge is -2.14. The summed E-state index contributed by atoms with van der Waals surface area (Å²) in [5.41, 5.74) is 0.959. The number of halogens is 2. The number of hydrogen-bond donors (Lipinski definition) is 1. The topological polar surface area (TPSA) is 37.8 Å². The van der Waals surface area contributed by atoms with E-state index in [9.17, 15) is 8.78 Å². The second kappa shape index (κ2) is 6.33. The van der Waals surface area contributed by atoms with E-state index in [2.05, 4.69) is 15.3 Å². The third-order valence-electron chi connectivity index (χ3n) is 2.85. The monoisotopic (exact) mass is 263 g/mol. The largest absolute Gasteiger partial charge is 0.308 e. The number of nitrogens with zero attached hydrogens (tertiary/aromatic N) is 2. The Kier molecular flexibility index (Phi) is 4.52. The van der Waals surface area contributed by atoms with E-state index in [1.807, 2.05) is 6.92 Å². The maximum absolute atomic E-state index is 13.5. The molecule has 19 heavy (non-hydrogen) atoms. The molecular weight excluding hydrogens is 248 g/mol. The van der Waals surface area contributed by atoms with Gasteiger partial charge in [-0.05, 0) is 31.5 Å². The van der Waals surface area contributed by atoms with Gasteiger partial charge in [-0.3, -0.25) is 0 Å². The highest BCUT2D eigenvalue weighted by molar-refractivity contribution is 5.20. The Labute approximate surface area is 110 Å². The van der Waals surface area contributed by atoms with Gasteiger partial charge in [0.05, 0.1) is 5.69 Å². The van der Waals surface area contributed by atoms with Crippen molar-refractivity contribution in [2.45, 2.75) is 25.9 Å². The predicted molar refractivity (Wildman–Crippen MR) is 68.4 cm³/mol. The molecule has 0 bridgehead atoms. The van der Waals surface area contributed by atoms with Gasteiger partial charge in [0.1, 0.15) is 18.0 Å². The Hall–Kier alpha value is -1.88. The summed E-state index contributed by atoms with van der Waals surface area (Å²) in [6, 6.07) is 5.66. The molecule has 3 nitrogen and oxygen atoms in total. The van der Waals surface area contributed by atoms with Crippen LogP contribution in [0.4, 0.5) is 8.78 Å².